The van der Waals surface area contributed by atoms with Gasteiger partial charge in [-0.1, -0.05) is 6.92 Å². The minimum atomic E-state index is -3.18. The Balaban J connectivity index is 1.80. The van der Waals surface area contributed by atoms with Crippen LogP contribution in [0.5, 0.6) is 0 Å². The molecule has 0 aromatic carbocycles. The zero-order valence-corrected chi connectivity index (χ0v) is 14.3. The standard InChI is InChI=1S/C13H26N4O2S2/c1-12-2-5-16(6-3-12)13(14)15-4-11-21(18,19)17-7-9-20-10-8-17/h12H,2-11H2,1H3,(H2,14,15). The highest BCUT2D eigenvalue weighted by molar-refractivity contribution is 7.99. The second-order valence-corrected chi connectivity index (χ2v) is 9.05. The average molecular weight is 335 g/mol. The lowest BCUT2D eigenvalue weighted by molar-refractivity contribution is 0.278. The molecule has 0 radical (unpaired) electrons. The molecule has 0 aromatic rings. The quantitative estimate of drug-likeness (QED) is 0.595. The van der Waals surface area contributed by atoms with E-state index in [2.05, 4.69) is 16.8 Å². The second-order valence-electron chi connectivity index (χ2n) is 5.74. The number of piperidine rings is 1. The minimum absolute atomic E-state index is 0.0581. The third kappa shape index (κ3) is 5.03. The fraction of sp³-hybridized carbons (Fsp3) is 0.923. The molecular weight excluding hydrogens is 308 g/mol. The molecule has 2 aliphatic rings. The highest BCUT2D eigenvalue weighted by atomic mass is 32.2. The summed E-state index contributed by atoms with van der Waals surface area (Å²) in [5.41, 5.74) is 5.97. The van der Waals surface area contributed by atoms with E-state index in [0.29, 0.717) is 19.0 Å². The molecule has 6 nitrogen and oxygen atoms in total. The summed E-state index contributed by atoms with van der Waals surface area (Å²) in [4.78, 5) is 6.32. The number of rotatable bonds is 4. The van der Waals surface area contributed by atoms with E-state index in [1.165, 1.54) is 0 Å². The van der Waals surface area contributed by atoms with Crippen molar-refractivity contribution in [2.45, 2.75) is 19.8 Å². The number of hydrogen-bond acceptors (Lipinski definition) is 4. The van der Waals surface area contributed by atoms with Crippen LogP contribution in [-0.2, 0) is 10.0 Å². The van der Waals surface area contributed by atoms with Gasteiger partial charge in [-0.25, -0.2) is 12.7 Å². The first-order valence-corrected chi connectivity index (χ1v) is 10.4. The summed E-state index contributed by atoms with van der Waals surface area (Å²) in [5, 5.41) is 0. The van der Waals surface area contributed by atoms with Crippen molar-refractivity contribution in [3.63, 3.8) is 0 Å². The van der Waals surface area contributed by atoms with Crippen LogP contribution in [0.2, 0.25) is 0 Å². The molecule has 21 heavy (non-hydrogen) atoms. The van der Waals surface area contributed by atoms with Crippen molar-refractivity contribution in [2.75, 3.05) is 50.0 Å². The molecule has 8 heteroatoms. The van der Waals surface area contributed by atoms with Gasteiger partial charge in [-0.3, -0.25) is 4.99 Å². The molecule has 0 spiro atoms. The van der Waals surface area contributed by atoms with Crippen molar-refractivity contribution in [1.29, 1.82) is 0 Å². The monoisotopic (exact) mass is 334 g/mol. The van der Waals surface area contributed by atoms with Crippen LogP contribution in [0.1, 0.15) is 19.8 Å². The Morgan fingerprint density at radius 2 is 1.86 bits per heavy atom. The Bertz CT molecular complexity index is 453. The molecule has 2 saturated heterocycles. The van der Waals surface area contributed by atoms with E-state index in [1.807, 2.05) is 0 Å². The topological polar surface area (TPSA) is 79.0 Å². The molecule has 0 atom stereocenters. The van der Waals surface area contributed by atoms with Crippen molar-refractivity contribution in [3.05, 3.63) is 0 Å². The largest absolute Gasteiger partial charge is 0.370 e. The zero-order chi connectivity index (χ0) is 15.3. The molecule has 122 valence electrons. The second kappa shape index (κ2) is 7.69. The van der Waals surface area contributed by atoms with Crippen LogP contribution in [-0.4, -0.2) is 73.6 Å². The lowest BCUT2D eigenvalue weighted by atomic mass is 10.00. The third-order valence-corrected chi connectivity index (χ3v) is 6.89. The highest BCUT2D eigenvalue weighted by Gasteiger charge is 2.23. The van der Waals surface area contributed by atoms with E-state index >= 15 is 0 Å². The average Bonchev–Trinajstić information content (AvgIpc) is 2.48. The lowest BCUT2D eigenvalue weighted by Gasteiger charge is -2.31. The molecule has 0 unspecified atom stereocenters. The van der Waals surface area contributed by atoms with Gasteiger partial charge in [0.25, 0.3) is 0 Å². The van der Waals surface area contributed by atoms with Gasteiger partial charge in [0.1, 0.15) is 0 Å². The van der Waals surface area contributed by atoms with E-state index in [-0.39, 0.29) is 12.3 Å². The van der Waals surface area contributed by atoms with Crippen LogP contribution in [0, 0.1) is 5.92 Å². The van der Waals surface area contributed by atoms with Crippen molar-refractivity contribution < 1.29 is 8.42 Å². The maximum Gasteiger partial charge on any atom is 0.215 e. The summed E-state index contributed by atoms with van der Waals surface area (Å²) in [6, 6.07) is 0. The molecule has 0 amide bonds. The molecule has 0 saturated carbocycles. The van der Waals surface area contributed by atoms with Gasteiger partial charge in [0.05, 0.1) is 12.3 Å². The van der Waals surface area contributed by atoms with Gasteiger partial charge in [0, 0.05) is 37.7 Å². The summed E-state index contributed by atoms with van der Waals surface area (Å²) in [7, 11) is -3.18. The molecule has 2 heterocycles. The van der Waals surface area contributed by atoms with Crippen molar-refractivity contribution in [2.24, 2.45) is 16.6 Å². The molecule has 2 rings (SSSR count). The molecule has 2 fully saturated rings. The van der Waals surface area contributed by atoms with Crippen molar-refractivity contribution in [3.8, 4) is 0 Å². The Morgan fingerprint density at radius 3 is 2.48 bits per heavy atom. The fourth-order valence-corrected chi connectivity index (χ4v) is 5.02. The first kappa shape index (κ1) is 16.9. The van der Waals surface area contributed by atoms with Gasteiger partial charge >= 0.3 is 0 Å². The lowest BCUT2D eigenvalue weighted by Crippen LogP contribution is -2.43. The maximum atomic E-state index is 12.2. The Hall–Kier alpha value is -0.470. The number of likely N-dealkylation sites (tertiary alicyclic amines) is 1. The normalized spacial score (nSPS) is 23.5. The van der Waals surface area contributed by atoms with E-state index in [1.54, 1.807) is 16.1 Å². The molecule has 0 aliphatic carbocycles. The van der Waals surface area contributed by atoms with Crippen LogP contribution >= 0.6 is 11.8 Å². The number of aliphatic imine (C=N–C) groups is 1. The Kier molecular flexibility index (Phi) is 6.19. The van der Waals surface area contributed by atoms with Crippen molar-refractivity contribution in [1.82, 2.24) is 9.21 Å². The van der Waals surface area contributed by atoms with Gasteiger partial charge in [-0.15, -0.1) is 0 Å². The third-order valence-electron chi connectivity index (χ3n) is 4.09. The maximum absolute atomic E-state index is 12.2. The number of thioether (sulfide) groups is 1. The van der Waals surface area contributed by atoms with Crippen LogP contribution < -0.4 is 5.73 Å². The molecule has 2 aliphatic heterocycles. The summed E-state index contributed by atoms with van der Waals surface area (Å²) in [5.74, 6) is 3.06. The number of nitrogens with two attached hydrogens (primary N) is 1. The summed E-state index contributed by atoms with van der Waals surface area (Å²) in [6.45, 7) is 5.59. The summed E-state index contributed by atoms with van der Waals surface area (Å²) < 4.78 is 25.9. The first-order chi connectivity index (χ1) is 9.99. The van der Waals surface area contributed by atoms with Gasteiger partial charge in [0.2, 0.25) is 10.0 Å². The predicted molar refractivity (Wildman–Crippen MR) is 89.1 cm³/mol. The SMILES string of the molecule is CC1CCN(C(N)=NCCS(=O)(=O)N2CCSCC2)CC1. The van der Waals surface area contributed by atoms with E-state index in [0.717, 1.165) is 43.4 Å². The van der Waals surface area contributed by atoms with Gasteiger partial charge < -0.3 is 10.6 Å². The van der Waals surface area contributed by atoms with Crippen LogP contribution in [0.3, 0.4) is 0 Å². The van der Waals surface area contributed by atoms with Crippen LogP contribution in [0.15, 0.2) is 4.99 Å². The van der Waals surface area contributed by atoms with Crippen LogP contribution in [0.4, 0.5) is 0 Å². The predicted octanol–water partition coefficient (Wildman–Crippen LogP) is 0.412. The molecule has 2 N–H and O–H groups in total. The number of sulfonamides is 1. The number of guanidine groups is 1. The number of nitrogens with zero attached hydrogens (tertiary/aromatic N) is 3. The van der Waals surface area contributed by atoms with Crippen LogP contribution in [0.25, 0.3) is 0 Å². The van der Waals surface area contributed by atoms with Gasteiger partial charge in [-0.2, -0.15) is 11.8 Å². The summed E-state index contributed by atoms with van der Waals surface area (Å²) >= 11 is 1.80. The van der Waals surface area contributed by atoms with Gasteiger partial charge in [0.15, 0.2) is 5.96 Å². The van der Waals surface area contributed by atoms with Crippen molar-refractivity contribution >= 4 is 27.7 Å². The van der Waals surface area contributed by atoms with E-state index in [9.17, 15) is 8.42 Å². The minimum Gasteiger partial charge on any atom is -0.370 e. The smallest absolute Gasteiger partial charge is 0.215 e. The zero-order valence-electron chi connectivity index (χ0n) is 12.7. The van der Waals surface area contributed by atoms with E-state index in [4.69, 9.17) is 5.73 Å². The molecule has 0 bridgehead atoms. The highest BCUT2D eigenvalue weighted by Crippen LogP contribution is 2.16. The first-order valence-electron chi connectivity index (χ1n) is 7.59. The Morgan fingerprint density at radius 1 is 1.24 bits per heavy atom. The van der Waals surface area contributed by atoms with E-state index < -0.39 is 10.0 Å². The summed E-state index contributed by atoms with van der Waals surface area (Å²) in [6.07, 6.45) is 2.25. The fourth-order valence-electron chi connectivity index (χ4n) is 2.57. The Labute approximate surface area is 132 Å². The molecule has 0 aromatic heterocycles. The van der Waals surface area contributed by atoms with Gasteiger partial charge in [-0.05, 0) is 18.8 Å². The molecular formula is C13H26N4O2S2. The number of hydrogen-bond donors (Lipinski definition) is 1.